The summed E-state index contributed by atoms with van der Waals surface area (Å²) in [6, 6.07) is 9.89. The van der Waals surface area contributed by atoms with Crippen LogP contribution in [0.25, 0.3) is 0 Å². The maximum Gasteiger partial charge on any atom is 0.272 e. The van der Waals surface area contributed by atoms with Crippen molar-refractivity contribution in [3.8, 4) is 5.75 Å². The highest BCUT2D eigenvalue weighted by Gasteiger charge is 2.32. The summed E-state index contributed by atoms with van der Waals surface area (Å²) in [4.78, 5) is 19.3. The number of aryl methyl sites for hydroxylation is 2. The summed E-state index contributed by atoms with van der Waals surface area (Å²) in [5, 5.41) is 0. The minimum Gasteiger partial charge on any atom is -0.487 e. The zero-order valence-corrected chi connectivity index (χ0v) is 17.7. The molecule has 0 N–H and O–H groups in total. The molecule has 1 amide bonds. The van der Waals surface area contributed by atoms with Crippen molar-refractivity contribution in [1.82, 2.24) is 9.88 Å². The second-order valence-electron chi connectivity index (χ2n) is 8.58. The van der Waals surface area contributed by atoms with Crippen molar-refractivity contribution >= 4 is 5.91 Å². The molecule has 1 aromatic carbocycles. The van der Waals surface area contributed by atoms with E-state index in [-0.39, 0.29) is 23.7 Å². The molecular weight excluding hydrogens is 352 g/mol. The number of ether oxygens (including phenoxy) is 2. The fourth-order valence-corrected chi connectivity index (χ4v) is 3.40. The number of aromatic nitrogens is 1. The zero-order chi connectivity index (χ0) is 20.5. The van der Waals surface area contributed by atoms with E-state index in [1.807, 2.05) is 32.6 Å². The largest absolute Gasteiger partial charge is 0.487 e. The molecule has 2 aromatic rings. The smallest absolute Gasteiger partial charge is 0.272 e. The van der Waals surface area contributed by atoms with Crippen LogP contribution in [0.15, 0.2) is 36.5 Å². The van der Waals surface area contributed by atoms with Crippen LogP contribution in [-0.2, 0) is 4.74 Å². The average Bonchev–Trinajstić information content (AvgIpc) is 2.63. The van der Waals surface area contributed by atoms with Crippen LogP contribution in [0.4, 0.5) is 0 Å². The van der Waals surface area contributed by atoms with Crippen molar-refractivity contribution < 1.29 is 14.3 Å². The van der Waals surface area contributed by atoms with Crippen LogP contribution in [0.5, 0.6) is 5.75 Å². The number of benzene rings is 1. The van der Waals surface area contributed by atoms with Crippen molar-refractivity contribution in [2.45, 2.75) is 59.3 Å². The lowest BCUT2D eigenvalue weighted by Gasteiger charge is -2.38. The molecular formula is C23H30N2O3. The van der Waals surface area contributed by atoms with E-state index >= 15 is 0 Å². The van der Waals surface area contributed by atoms with Gasteiger partial charge in [0.1, 0.15) is 23.1 Å². The van der Waals surface area contributed by atoms with Gasteiger partial charge >= 0.3 is 0 Å². The zero-order valence-electron chi connectivity index (χ0n) is 17.7. The minimum atomic E-state index is -0.301. The summed E-state index contributed by atoms with van der Waals surface area (Å²) >= 11 is 0. The number of carbonyl (C=O) groups is 1. The molecule has 28 heavy (non-hydrogen) atoms. The summed E-state index contributed by atoms with van der Waals surface area (Å²) in [5.41, 5.74) is 3.64. The first-order chi connectivity index (χ1) is 13.1. The standard InChI is InChI=1S/C23H30N2O3/c1-15-7-8-16(2)19(11-15)21-13-25(17(3)14-27-21)22(26)20-10-9-18(12-24-20)28-23(4,5)6/h7-12,17,21H,13-14H2,1-6H3/t17-,21-/m0/s1. The van der Waals surface area contributed by atoms with E-state index in [1.54, 1.807) is 18.3 Å². The van der Waals surface area contributed by atoms with E-state index in [1.165, 1.54) is 11.1 Å². The van der Waals surface area contributed by atoms with Gasteiger partial charge in [-0.05, 0) is 64.8 Å². The Balaban J connectivity index is 1.77. The molecule has 1 saturated heterocycles. The molecule has 150 valence electrons. The molecule has 2 heterocycles. The number of hydrogen-bond acceptors (Lipinski definition) is 4. The summed E-state index contributed by atoms with van der Waals surface area (Å²) in [7, 11) is 0. The van der Waals surface area contributed by atoms with Gasteiger partial charge in [0.05, 0.1) is 25.4 Å². The highest BCUT2D eigenvalue weighted by molar-refractivity contribution is 5.92. The van der Waals surface area contributed by atoms with Gasteiger partial charge in [0.2, 0.25) is 0 Å². The highest BCUT2D eigenvalue weighted by Crippen LogP contribution is 2.29. The predicted molar refractivity (Wildman–Crippen MR) is 110 cm³/mol. The Morgan fingerprint density at radius 1 is 1.21 bits per heavy atom. The Labute approximate surface area is 167 Å². The summed E-state index contributed by atoms with van der Waals surface area (Å²) in [5.74, 6) is 0.584. The van der Waals surface area contributed by atoms with Gasteiger partial charge in [-0.3, -0.25) is 4.79 Å². The predicted octanol–water partition coefficient (Wildman–Crippen LogP) is 4.48. The molecule has 0 spiro atoms. The van der Waals surface area contributed by atoms with Crippen LogP contribution in [0.3, 0.4) is 0 Å². The molecule has 0 aliphatic carbocycles. The number of amides is 1. The minimum absolute atomic E-state index is 0.00108. The van der Waals surface area contributed by atoms with Crippen molar-refractivity contribution in [3.63, 3.8) is 0 Å². The van der Waals surface area contributed by atoms with E-state index in [2.05, 4.69) is 37.0 Å². The van der Waals surface area contributed by atoms with Gasteiger partial charge in [0, 0.05) is 0 Å². The topological polar surface area (TPSA) is 51.7 Å². The quantitative estimate of drug-likeness (QED) is 0.785. The van der Waals surface area contributed by atoms with E-state index in [9.17, 15) is 4.79 Å². The molecule has 5 nitrogen and oxygen atoms in total. The molecule has 0 radical (unpaired) electrons. The van der Waals surface area contributed by atoms with Crippen LogP contribution in [-0.4, -0.2) is 40.6 Å². The van der Waals surface area contributed by atoms with Gasteiger partial charge in [0.15, 0.2) is 0 Å². The second-order valence-corrected chi connectivity index (χ2v) is 8.58. The van der Waals surface area contributed by atoms with Gasteiger partial charge in [-0.15, -0.1) is 0 Å². The number of morpholine rings is 1. The van der Waals surface area contributed by atoms with Crippen LogP contribution < -0.4 is 4.74 Å². The Morgan fingerprint density at radius 2 is 1.96 bits per heavy atom. The third-order valence-corrected chi connectivity index (χ3v) is 4.86. The van der Waals surface area contributed by atoms with Crippen LogP contribution >= 0.6 is 0 Å². The van der Waals surface area contributed by atoms with Crippen molar-refractivity contribution in [1.29, 1.82) is 0 Å². The Morgan fingerprint density at radius 3 is 2.61 bits per heavy atom. The lowest BCUT2D eigenvalue weighted by Crippen LogP contribution is -2.48. The van der Waals surface area contributed by atoms with Gasteiger partial charge in [-0.25, -0.2) is 4.98 Å². The molecule has 0 bridgehead atoms. The first kappa shape index (κ1) is 20.3. The second kappa shape index (κ2) is 7.92. The van der Waals surface area contributed by atoms with Gasteiger partial charge < -0.3 is 14.4 Å². The van der Waals surface area contributed by atoms with E-state index in [4.69, 9.17) is 9.47 Å². The molecule has 0 saturated carbocycles. The fraction of sp³-hybridized carbons (Fsp3) is 0.478. The van der Waals surface area contributed by atoms with Crippen molar-refractivity contribution in [3.05, 3.63) is 58.9 Å². The third kappa shape index (κ3) is 4.71. The first-order valence-corrected chi connectivity index (χ1v) is 9.79. The first-order valence-electron chi connectivity index (χ1n) is 9.79. The van der Waals surface area contributed by atoms with Gasteiger partial charge in [0.25, 0.3) is 5.91 Å². The SMILES string of the molecule is Cc1ccc(C)c([C@@H]2CN(C(=O)c3ccc(OC(C)(C)C)cn3)[C@@H](C)CO2)c1. The lowest BCUT2D eigenvalue weighted by molar-refractivity contribution is -0.0491. The van der Waals surface area contributed by atoms with Gasteiger partial charge in [-0.1, -0.05) is 23.8 Å². The molecule has 0 unspecified atom stereocenters. The fourth-order valence-electron chi connectivity index (χ4n) is 3.40. The molecule has 5 heteroatoms. The molecule has 1 aliphatic heterocycles. The molecule has 3 rings (SSSR count). The van der Waals surface area contributed by atoms with E-state index in [0.29, 0.717) is 24.6 Å². The van der Waals surface area contributed by atoms with E-state index in [0.717, 1.165) is 5.56 Å². The van der Waals surface area contributed by atoms with Gasteiger partial charge in [-0.2, -0.15) is 0 Å². The normalized spacial score (nSPS) is 20.1. The van der Waals surface area contributed by atoms with E-state index < -0.39 is 0 Å². The molecule has 2 atom stereocenters. The average molecular weight is 383 g/mol. The summed E-state index contributed by atoms with van der Waals surface area (Å²) in [6.07, 6.45) is 1.50. The van der Waals surface area contributed by atoms with Crippen molar-refractivity contribution in [2.24, 2.45) is 0 Å². The number of nitrogens with zero attached hydrogens (tertiary/aromatic N) is 2. The number of pyridine rings is 1. The monoisotopic (exact) mass is 382 g/mol. The van der Waals surface area contributed by atoms with Crippen LogP contribution in [0.1, 0.15) is 61.0 Å². The highest BCUT2D eigenvalue weighted by atomic mass is 16.5. The Bertz CT molecular complexity index is 840. The number of rotatable bonds is 3. The maximum absolute atomic E-state index is 13.1. The molecule has 1 aromatic heterocycles. The number of hydrogen-bond donors (Lipinski definition) is 0. The van der Waals surface area contributed by atoms with Crippen molar-refractivity contribution in [2.75, 3.05) is 13.2 Å². The summed E-state index contributed by atoms with van der Waals surface area (Å²) < 4.78 is 11.9. The number of carbonyl (C=O) groups excluding carboxylic acids is 1. The Hall–Kier alpha value is -2.40. The van der Waals surface area contributed by atoms with Crippen LogP contribution in [0, 0.1) is 13.8 Å². The molecule has 1 fully saturated rings. The Kier molecular flexibility index (Phi) is 5.75. The van der Waals surface area contributed by atoms with Crippen LogP contribution in [0.2, 0.25) is 0 Å². The summed E-state index contributed by atoms with van der Waals surface area (Å²) in [6.45, 7) is 13.1. The third-order valence-electron chi connectivity index (χ3n) is 4.86. The maximum atomic E-state index is 13.1. The molecule has 1 aliphatic rings. The lowest BCUT2D eigenvalue weighted by atomic mass is 9.98.